The molecule has 0 saturated heterocycles. The number of hydrogen-bond acceptors (Lipinski definition) is 3. The summed E-state index contributed by atoms with van der Waals surface area (Å²) in [5.41, 5.74) is 1.31. The second-order valence-electron chi connectivity index (χ2n) is 2.66. The van der Waals surface area contributed by atoms with E-state index in [-0.39, 0.29) is 0 Å². The Kier molecular flexibility index (Phi) is 5.35. The molecule has 0 fully saturated rings. The fraction of sp³-hybridized carbons (Fsp3) is 0.400. The van der Waals surface area contributed by atoms with Crippen molar-refractivity contribution < 1.29 is 0 Å². The smallest absolute Gasteiger partial charge is 0.0390 e. The topological polar surface area (TPSA) is 12.0 Å². The normalized spacial score (nSPS) is 10.3. The third kappa shape index (κ3) is 4.07. The van der Waals surface area contributed by atoms with Crippen LogP contribution in [0.25, 0.3) is 0 Å². The zero-order valence-electron chi connectivity index (χ0n) is 7.79. The van der Waals surface area contributed by atoms with Crippen LogP contribution in [0.15, 0.2) is 29.2 Å². The molecular weight excluding hydrogens is 198 g/mol. The first-order chi connectivity index (χ1) is 6.36. The van der Waals surface area contributed by atoms with E-state index in [1.165, 1.54) is 10.5 Å². The molecule has 13 heavy (non-hydrogen) atoms. The van der Waals surface area contributed by atoms with Gasteiger partial charge in [-0.1, -0.05) is 19.1 Å². The zero-order chi connectivity index (χ0) is 9.52. The third-order valence-corrected chi connectivity index (χ3v) is 2.79. The van der Waals surface area contributed by atoms with E-state index in [0.717, 1.165) is 18.2 Å². The Labute approximate surface area is 89.7 Å². The van der Waals surface area contributed by atoms with Gasteiger partial charge in [-0.2, -0.15) is 12.6 Å². The summed E-state index contributed by atoms with van der Waals surface area (Å²) in [5.74, 6) is 1.86. The average Bonchev–Trinajstić information content (AvgIpc) is 2.17. The van der Waals surface area contributed by atoms with Crippen molar-refractivity contribution in [1.82, 2.24) is 5.32 Å². The number of nitrogens with one attached hydrogen (secondary N) is 1. The number of thiol groups is 1. The summed E-state index contributed by atoms with van der Waals surface area (Å²) in [7, 11) is 0. The number of rotatable bonds is 5. The van der Waals surface area contributed by atoms with Crippen molar-refractivity contribution in [2.24, 2.45) is 0 Å². The Morgan fingerprint density at radius 1 is 1.31 bits per heavy atom. The minimum absolute atomic E-state index is 0.728. The van der Waals surface area contributed by atoms with Crippen molar-refractivity contribution in [2.45, 2.75) is 18.4 Å². The summed E-state index contributed by atoms with van der Waals surface area (Å²) >= 11 is 5.96. The summed E-state index contributed by atoms with van der Waals surface area (Å²) in [6.45, 7) is 3.07. The van der Waals surface area contributed by atoms with E-state index in [4.69, 9.17) is 0 Å². The lowest BCUT2D eigenvalue weighted by Crippen LogP contribution is -2.09. The van der Waals surface area contributed by atoms with Gasteiger partial charge in [-0.15, -0.1) is 11.8 Å². The van der Waals surface area contributed by atoms with Crippen molar-refractivity contribution in [1.29, 1.82) is 0 Å². The fourth-order valence-electron chi connectivity index (χ4n) is 1.07. The first kappa shape index (κ1) is 11.0. The summed E-state index contributed by atoms with van der Waals surface area (Å²) in [6, 6.07) is 8.66. The van der Waals surface area contributed by atoms with E-state index in [1.54, 1.807) is 0 Å². The van der Waals surface area contributed by atoms with Gasteiger partial charge in [-0.3, -0.25) is 0 Å². The Morgan fingerprint density at radius 3 is 2.54 bits per heavy atom. The molecule has 1 N–H and O–H groups in total. The summed E-state index contributed by atoms with van der Waals surface area (Å²) in [6.07, 6.45) is 0. The molecule has 0 aliphatic rings. The highest BCUT2D eigenvalue weighted by molar-refractivity contribution is 7.99. The quantitative estimate of drug-likeness (QED) is 0.443. The van der Waals surface area contributed by atoms with Gasteiger partial charge in [-0.05, 0) is 23.4 Å². The lowest BCUT2D eigenvalue weighted by molar-refractivity contribution is 0.798. The molecule has 0 spiro atoms. The van der Waals surface area contributed by atoms with E-state index in [0.29, 0.717) is 0 Å². The number of hydrogen-bond donors (Lipinski definition) is 2. The monoisotopic (exact) mass is 213 g/mol. The molecule has 0 radical (unpaired) electrons. The molecule has 0 atom stereocenters. The average molecular weight is 213 g/mol. The van der Waals surface area contributed by atoms with Gasteiger partial charge in [0.05, 0.1) is 0 Å². The Hall–Kier alpha value is -0.120. The van der Waals surface area contributed by atoms with Gasteiger partial charge >= 0.3 is 0 Å². The molecular formula is C10H15NS2. The van der Waals surface area contributed by atoms with Crippen molar-refractivity contribution in [2.75, 3.05) is 11.6 Å². The molecule has 72 valence electrons. The van der Waals surface area contributed by atoms with Gasteiger partial charge in [0.2, 0.25) is 0 Å². The Morgan fingerprint density at radius 2 is 2.00 bits per heavy atom. The molecule has 1 aromatic rings. The van der Waals surface area contributed by atoms with Crippen LogP contribution in [0.4, 0.5) is 0 Å². The van der Waals surface area contributed by atoms with Gasteiger partial charge in [-0.25, -0.2) is 0 Å². The highest BCUT2D eigenvalue weighted by Gasteiger charge is 1.93. The molecule has 0 aliphatic heterocycles. The molecule has 0 unspecified atom stereocenters. The summed E-state index contributed by atoms with van der Waals surface area (Å²) in [4.78, 5) is 1.34. The minimum Gasteiger partial charge on any atom is -0.304 e. The lowest BCUT2D eigenvalue weighted by Gasteiger charge is -2.03. The van der Waals surface area contributed by atoms with Gasteiger partial charge in [0.25, 0.3) is 0 Å². The van der Waals surface area contributed by atoms with Gasteiger partial charge in [0.15, 0.2) is 0 Å². The first-order valence-corrected chi connectivity index (χ1v) is 6.02. The molecule has 0 bridgehead atoms. The largest absolute Gasteiger partial charge is 0.304 e. The Balaban J connectivity index is 2.48. The maximum absolute atomic E-state index is 4.09. The van der Waals surface area contributed by atoms with Crippen LogP contribution in [0.3, 0.4) is 0 Å². The van der Waals surface area contributed by atoms with E-state index >= 15 is 0 Å². The molecule has 0 aliphatic carbocycles. The Bertz CT molecular complexity index is 233. The predicted molar refractivity (Wildman–Crippen MR) is 63.5 cm³/mol. The van der Waals surface area contributed by atoms with Crippen molar-refractivity contribution in [3.05, 3.63) is 29.8 Å². The minimum atomic E-state index is 0.728. The van der Waals surface area contributed by atoms with Crippen LogP contribution < -0.4 is 5.32 Å². The van der Waals surface area contributed by atoms with Crippen LogP contribution in [-0.2, 0) is 6.54 Å². The molecule has 0 heterocycles. The molecule has 0 aromatic heterocycles. The van der Waals surface area contributed by atoms with Gasteiger partial charge in [0, 0.05) is 17.3 Å². The van der Waals surface area contributed by atoms with Crippen LogP contribution in [0, 0.1) is 0 Å². The maximum Gasteiger partial charge on any atom is 0.0390 e. The third-order valence-electron chi connectivity index (χ3n) is 1.68. The van der Waals surface area contributed by atoms with Crippen LogP contribution in [0.5, 0.6) is 0 Å². The highest BCUT2D eigenvalue weighted by atomic mass is 32.2. The summed E-state index contributed by atoms with van der Waals surface area (Å²) < 4.78 is 0. The summed E-state index contributed by atoms with van der Waals surface area (Å²) in [5, 5.41) is 3.17. The molecule has 1 aromatic carbocycles. The second-order valence-corrected chi connectivity index (χ2v) is 4.32. The van der Waals surface area contributed by atoms with Crippen molar-refractivity contribution in [3.8, 4) is 0 Å². The molecule has 0 amide bonds. The lowest BCUT2D eigenvalue weighted by atomic mass is 10.2. The van der Waals surface area contributed by atoms with E-state index < -0.39 is 0 Å². The van der Waals surface area contributed by atoms with Gasteiger partial charge < -0.3 is 5.32 Å². The maximum atomic E-state index is 4.09. The molecule has 3 heteroatoms. The zero-order valence-corrected chi connectivity index (χ0v) is 9.50. The van der Waals surface area contributed by atoms with Crippen LogP contribution in [-0.4, -0.2) is 11.6 Å². The van der Waals surface area contributed by atoms with Gasteiger partial charge in [0.1, 0.15) is 0 Å². The molecule has 0 saturated carbocycles. The van der Waals surface area contributed by atoms with Crippen LogP contribution in [0.1, 0.15) is 12.5 Å². The second kappa shape index (κ2) is 6.35. The fourth-order valence-corrected chi connectivity index (χ4v) is 1.84. The number of benzene rings is 1. The van der Waals surface area contributed by atoms with Crippen LogP contribution in [0.2, 0.25) is 0 Å². The first-order valence-electron chi connectivity index (χ1n) is 4.40. The predicted octanol–water partition coefficient (Wildman–Crippen LogP) is 2.78. The number of thioether (sulfide) groups is 1. The molecule has 1 rings (SSSR count). The van der Waals surface area contributed by atoms with Crippen molar-refractivity contribution >= 4 is 24.4 Å². The van der Waals surface area contributed by atoms with E-state index in [2.05, 4.69) is 49.1 Å². The van der Waals surface area contributed by atoms with Crippen LogP contribution >= 0.6 is 24.4 Å². The van der Waals surface area contributed by atoms with E-state index in [1.807, 2.05) is 11.8 Å². The van der Waals surface area contributed by atoms with E-state index in [9.17, 15) is 0 Å². The molecule has 1 nitrogen and oxygen atoms in total. The van der Waals surface area contributed by atoms with Crippen molar-refractivity contribution in [3.63, 3.8) is 0 Å². The standard InChI is InChI=1S/C10H15NS2/c1-2-13-10-5-3-9(4-6-10)7-11-8-12/h3-6,11-12H,2,7-8H2,1H3. The highest BCUT2D eigenvalue weighted by Crippen LogP contribution is 2.17. The SMILES string of the molecule is CCSc1ccc(CNCS)cc1.